The van der Waals surface area contributed by atoms with Gasteiger partial charge in [0.2, 0.25) is 0 Å². The number of rotatable bonds is 3. The standard InChI is InChI=1S/C22H24N4O2/c1-24-16-22(28-21(24)27)10-13-25(14-11-22)15-18-20(17-7-3-2-4-8-17)23-19-9-5-6-12-26(18)19/h2-9,12H,10-11,13-16H2,1H3. The van der Waals surface area contributed by atoms with Crippen molar-refractivity contribution in [3.05, 3.63) is 60.4 Å². The fraction of sp³-hybridized carbons (Fsp3) is 0.364. The third-order valence-electron chi connectivity index (χ3n) is 5.96. The maximum Gasteiger partial charge on any atom is 0.410 e. The second-order valence-electron chi connectivity index (χ2n) is 7.89. The van der Waals surface area contributed by atoms with Gasteiger partial charge in [-0.1, -0.05) is 36.4 Å². The molecule has 0 unspecified atom stereocenters. The summed E-state index contributed by atoms with van der Waals surface area (Å²) in [5.41, 5.74) is 4.05. The van der Waals surface area contributed by atoms with Gasteiger partial charge in [0.25, 0.3) is 0 Å². The summed E-state index contributed by atoms with van der Waals surface area (Å²) in [6.07, 6.45) is 3.64. The lowest BCUT2D eigenvalue weighted by Crippen LogP contribution is -2.46. The lowest BCUT2D eigenvalue weighted by molar-refractivity contribution is -0.00146. The van der Waals surface area contributed by atoms with Crippen LogP contribution in [-0.4, -0.2) is 57.6 Å². The van der Waals surface area contributed by atoms with E-state index in [2.05, 4.69) is 45.8 Å². The Morgan fingerprint density at radius 1 is 1.07 bits per heavy atom. The van der Waals surface area contributed by atoms with E-state index in [4.69, 9.17) is 9.72 Å². The fourth-order valence-electron chi connectivity index (χ4n) is 4.41. The van der Waals surface area contributed by atoms with Crippen LogP contribution >= 0.6 is 0 Å². The molecule has 0 saturated carbocycles. The molecule has 3 aromatic rings. The lowest BCUT2D eigenvalue weighted by Gasteiger charge is -2.37. The first kappa shape index (κ1) is 17.3. The van der Waals surface area contributed by atoms with Crippen molar-refractivity contribution in [1.82, 2.24) is 19.2 Å². The van der Waals surface area contributed by atoms with Gasteiger partial charge in [0.1, 0.15) is 11.2 Å². The van der Waals surface area contributed by atoms with Crippen molar-refractivity contribution in [3.63, 3.8) is 0 Å². The highest BCUT2D eigenvalue weighted by atomic mass is 16.6. The number of hydrogen-bond donors (Lipinski definition) is 0. The SMILES string of the molecule is CN1CC2(CCN(Cc3c(-c4ccccc4)nc4ccccn34)CC2)OC1=O. The molecule has 144 valence electrons. The lowest BCUT2D eigenvalue weighted by atomic mass is 9.91. The molecule has 6 heteroatoms. The second-order valence-corrected chi connectivity index (χ2v) is 7.89. The van der Waals surface area contributed by atoms with Crippen LogP contribution in [0, 0.1) is 0 Å². The quantitative estimate of drug-likeness (QED) is 0.703. The van der Waals surface area contributed by atoms with Gasteiger partial charge in [-0.3, -0.25) is 4.90 Å². The molecule has 0 bridgehead atoms. The van der Waals surface area contributed by atoms with E-state index in [0.29, 0.717) is 6.54 Å². The van der Waals surface area contributed by atoms with Crippen LogP contribution in [0.5, 0.6) is 0 Å². The van der Waals surface area contributed by atoms with Gasteiger partial charge >= 0.3 is 6.09 Å². The Hall–Kier alpha value is -2.86. The van der Waals surface area contributed by atoms with Crippen molar-refractivity contribution in [3.8, 4) is 11.3 Å². The molecule has 0 radical (unpaired) electrons. The minimum atomic E-state index is -0.302. The van der Waals surface area contributed by atoms with Crippen LogP contribution in [0.2, 0.25) is 0 Å². The fourth-order valence-corrected chi connectivity index (χ4v) is 4.41. The zero-order valence-corrected chi connectivity index (χ0v) is 16.0. The Bertz CT molecular complexity index is 1010. The van der Waals surface area contributed by atoms with Gasteiger partial charge in [0.05, 0.1) is 17.9 Å². The van der Waals surface area contributed by atoms with Crippen LogP contribution in [0.25, 0.3) is 16.9 Å². The van der Waals surface area contributed by atoms with Gasteiger partial charge < -0.3 is 14.0 Å². The van der Waals surface area contributed by atoms with E-state index in [0.717, 1.165) is 49.4 Å². The van der Waals surface area contributed by atoms with Crippen molar-refractivity contribution in [2.75, 3.05) is 26.7 Å². The van der Waals surface area contributed by atoms with Gasteiger partial charge in [-0.2, -0.15) is 0 Å². The smallest absolute Gasteiger partial charge is 0.410 e. The average Bonchev–Trinajstić information content (AvgIpc) is 3.22. The summed E-state index contributed by atoms with van der Waals surface area (Å²) in [6.45, 7) is 3.35. The highest BCUT2D eigenvalue weighted by Gasteiger charge is 2.45. The number of nitrogens with zero attached hydrogens (tertiary/aromatic N) is 4. The minimum Gasteiger partial charge on any atom is -0.441 e. The molecule has 2 fully saturated rings. The van der Waals surface area contributed by atoms with Gasteiger partial charge in [0, 0.05) is 51.3 Å². The first-order valence-corrected chi connectivity index (χ1v) is 9.81. The highest BCUT2D eigenvalue weighted by Crippen LogP contribution is 2.34. The second kappa shape index (κ2) is 6.63. The maximum absolute atomic E-state index is 11.8. The third-order valence-corrected chi connectivity index (χ3v) is 5.96. The molecule has 0 atom stereocenters. The number of likely N-dealkylation sites (tertiary alicyclic amines) is 1. The molecule has 1 spiro atoms. The number of benzene rings is 1. The van der Waals surface area contributed by atoms with E-state index in [1.54, 1.807) is 4.90 Å². The summed E-state index contributed by atoms with van der Waals surface area (Å²) in [5.74, 6) is 0. The van der Waals surface area contributed by atoms with E-state index in [1.165, 1.54) is 5.69 Å². The Labute approximate surface area is 164 Å². The number of ether oxygens (including phenoxy) is 1. The number of pyridine rings is 1. The first-order valence-electron chi connectivity index (χ1n) is 9.81. The predicted octanol–water partition coefficient (Wildman–Crippen LogP) is 3.42. The molecule has 5 rings (SSSR count). The van der Waals surface area contributed by atoms with E-state index in [-0.39, 0.29) is 11.7 Å². The molecular weight excluding hydrogens is 352 g/mol. The topological polar surface area (TPSA) is 50.1 Å². The van der Waals surface area contributed by atoms with Crippen molar-refractivity contribution in [1.29, 1.82) is 0 Å². The zero-order chi connectivity index (χ0) is 19.1. The molecule has 2 saturated heterocycles. The summed E-state index contributed by atoms with van der Waals surface area (Å²) in [4.78, 5) is 20.8. The van der Waals surface area contributed by atoms with Crippen LogP contribution in [0.4, 0.5) is 4.79 Å². The normalized spacial score (nSPS) is 19.5. The number of aromatic nitrogens is 2. The van der Waals surface area contributed by atoms with Crippen molar-refractivity contribution < 1.29 is 9.53 Å². The Morgan fingerprint density at radius 3 is 2.54 bits per heavy atom. The molecule has 1 aromatic carbocycles. The number of imidazole rings is 1. The molecule has 6 nitrogen and oxygen atoms in total. The summed E-state index contributed by atoms with van der Waals surface area (Å²) in [7, 11) is 1.81. The summed E-state index contributed by atoms with van der Waals surface area (Å²) in [6, 6.07) is 16.5. The van der Waals surface area contributed by atoms with Gasteiger partial charge in [-0.15, -0.1) is 0 Å². The average molecular weight is 376 g/mol. The van der Waals surface area contributed by atoms with Crippen LogP contribution in [0.15, 0.2) is 54.7 Å². The number of piperidine rings is 1. The van der Waals surface area contributed by atoms with Gasteiger partial charge in [0.15, 0.2) is 0 Å². The Kier molecular flexibility index (Phi) is 4.09. The van der Waals surface area contributed by atoms with Crippen molar-refractivity contribution >= 4 is 11.7 Å². The number of carbonyl (C=O) groups excluding carboxylic acids is 1. The number of carbonyl (C=O) groups is 1. The summed E-state index contributed by atoms with van der Waals surface area (Å²) >= 11 is 0. The molecule has 28 heavy (non-hydrogen) atoms. The van der Waals surface area contributed by atoms with Crippen LogP contribution in [0.3, 0.4) is 0 Å². The van der Waals surface area contributed by atoms with Crippen molar-refractivity contribution in [2.24, 2.45) is 0 Å². The third kappa shape index (κ3) is 2.94. The molecule has 1 amide bonds. The molecule has 2 aromatic heterocycles. The van der Waals surface area contributed by atoms with E-state index in [1.807, 2.05) is 25.2 Å². The van der Waals surface area contributed by atoms with Crippen LogP contribution in [-0.2, 0) is 11.3 Å². The van der Waals surface area contributed by atoms with Gasteiger partial charge in [-0.05, 0) is 12.1 Å². The first-order chi connectivity index (χ1) is 13.6. The Morgan fingerprint density at radius 2 is 1.82 bits per heavy atom. The summed E-state index contributed by atoms with van der Waals surface area (Å²) in [5, 5.41) is 0. The zero-order valence-electron chi connectivity index (χ0n) is 16.0. The number of amides is 1. The molecule has 2 aliphatic heterocycles. The van der Waals surface area contributed by atoms with Crippen LogP contribution < -0.4 is 0 Å². The molecule has 0 aliphatic carbocycles. The number of fused-ring (bicyclic) bond motifs is 1. The largest absolute Gasteiger partial charge is 0.441 e. The van der Waals surface area contributed by atoms with Crippen molar-refractivity contribution in [2.45, 2.75) is 25.0 Å². The number of hydrogen-bond acceptors (Lipinski definition) is 4. The minimum absolute atomic E-state index is 0.193. The molecule has 0 N–H and O–H groups in total. The highest BCUT2D eigenvalue weighted by molar-refractivity contribution is 5.70. The predicted molar refractivity (Wildman–Crippen MR) is 107 cm³/mol. The monoisotopic (exact) mass is 376 g/mol. The molecule has 4 heterocycles. The Balaban J connectivity index is 1.41. The van der Waals surface area contributed by atoms with Crippen LogP contribution in [0.1, 0.15) is 18.5 Å². The molecule has 2 aliphatic rings. The van der Waals surface area contributed by atoms with E-state index < -0.39 is 0 Å². The molecular formula is C22H24N4O2. The van der Waals surface area contributed by atoms with Gasteiger partial charge in [-0.25, -0.2) is 9.78 Å². The van der Waals surface area contributed by atoms with E-state index >= 15 is 0 Å². The van der Waals surface area contributed by atoms with E-state index in [9.17, 15) is 4.79 Å². The summed E-state index contributed by atoms with van der Waals surface area (Å²) < 4.78 is 7.88. The maximum atomic E-state index is 11.8. The number of likely N-dealkylation sites (N-methyl/N-ethyl adjacent to an activating group) is 1.